The van der Waals surface area contributed by atoms with Gasteiger partial charge < -0.3 is 10.6 Å². The molecule has 1 aliphatic heterocycles. The molecular formula is C16H26N2. The monoisotopic (exact) mass is 246 g/mol. The molecule has 2 heteroatoms. The van der Waals surface area contributed by atoms with E-state index in [0.717, 1.165) is 25.9 Å². The Morgan fingerprint density at radius 1 is 1.28 bits per heavy atom. The van der Waals surface area contributed by atoms with E-state index in [1.165, 1.54) is 29.7 Å². The van der Waals surface area contributed by atoms with E-state index in [0.29, 0.717) is 0 Å². The second-order valence-corrected chi connectivity index (χ2v) is 5.73. The quantitative estimate of drug-likeness (QED) is 0.883. The Bertz CT molecular complexity index is 408. The van der Waals surface area contributed by atoms with Crippen LogP contribution < -0.4 is 10.6 Å². The molecule has 1 heterocycles. The largest absolute Gasteiger partial charge is 0.369 e. The summed E-state index contributed by atoms with van der Waals surface area (Å²) in [6.45, 7) is 8.70. The van der Waals surface area contributed by atoms with Crippen molar-refractivity contribution in [1.82, 2.24) is 0 Å². The molecule has 0 fully saturated rings. The molecule has 0 bridgehead atoms. The minimum atomic E-state index is -0.0422. The molecule has 0 radical (unpaired) electrons. The van der Waals surface area contributed by atoms with Gasteiger partial charge >= 0.3 is 0 Å². The minimum Gasteiger partial charge on any atom is -0.369 e. The van der Waals surface area contributed by atoms with Crippen molar-refractivity contribution in [3.63, 3.8) is 0 Å². The van der Waals surface area contributed by atoms with Gasteiger partial charge in [-0.2, -0.15) is 0 Å². The summed E-state index contributed by atoms with van der Waals surface area (Å²) >= 11 is 0. The number of fused-ring (bicyclic) bond motifs is 1. The van der Waals surface area contributed by atoms with E-state index in [-0.39, 0.29) is 5.54 Å². The number of rotatable bonds is 4. The third-order valence-electron chi connectivity index (χ3n) is 4.36. The molecule has 1 aromatic rings. The third kappa shape index (κ3) is 2.69. The Morgan fingerprint density at radius 3 is 2.67 bits per heavy atom. The molecule has 1 aromatic carbocycles. The molecule has 0 atom stereocenters. The van der Waals surface area contributed by atoms with Gasteiger partial charge in [-0.05, 0) is 44.2 Å². The van der Waals surface area contributed by atoms with Crippen LogP contribution in [-0.4, -0.2) is 18.6 Å². The topological polar surface area (TPSA) is 29.3 Å². The second-order valence-electron chi connectivity index (χ2n) is 5.73. The Balaban J connectivity index is 2.22. The van der Waals surface area contributed by atoms with Crippen LogP contribution in [0.25, 0.3) is 0 Å². The van der Waals surface area contributed by atoms with E-state index in [4.69, 9.17) is 5.73 Å². The lowest BCUT2D eigenvalue weighted by Gasteiger charge is -2.38. The summed E-state index contributed by atoms with van der Waals surface area (Å²) in [6, 6.07) is 6.82. The fourth-order valence-corrected chi connectivity index (χ4v) is 2.82. The van der Waals surface area contributed by atoms with Crippen molar-refractivity contribution in [1.29, 1.82) is 0 Å². The van der Waals surface area contributed by atoms with Gasteiger partial charge in [0.2, 0.25) is 0 Å². The van der Waals surface area contributed by atoms with E-state index in [1.807, 2.05) is 0 Å². The first-order valence-electron chi connectivity index (χ1n) is 7.21. The Kier molecular flexibility index (Phi) is 3.96. The normalized spacial score (nSPS) is 15.7. The Morgan fingerprint density at radius 2 is 2.00 bits per heavy atom. The highest BCUT2D eigenvalue weighted by Crippen LogP contribution is 2.29. The maximum absolute atomic E-state index is 6.47. The van der Waals surface area contributed by atoms with Gasteiger partial charge in [-0.15, -0.1) is 0 Å². The number of hydrogen-bond donors (Lipinski definition) is 1. The standard InChI is InChI=1S/C16H26N2/c1-4-16(17,5-2)12-18-10-6-7-14-11-13(3)8-9-15(14)18/h8-9,11H,4-7,10,12,17H2,1-3H3. The average molecular weight is 246 g/mol. The maximum atomic E-state index is 6.47. The number of hydrogen-bond acceptors (Lipinski definition) is 2. The van der Waals surface area contributed by atoms with Gasteiger partial charge in [-0.3, -0.25) is 0 Å². The lowest BCUT2D eigenvalue weighted by molar-refractivity contribution is 0.390. The van der Waals surface area contributed by atoms with Gasteiger partial charge in [-0.1, -0.05) is 31.5 Å². The Hall–Kier alpha value is -1.02. The summed E-state index contributed by atoms with van der Waals surface area (Å²) in [7, 11) is 0. The molecule has 1 aliphatic rings. The lowest BCUT2D eigenvalue weighted by Crippen LogP contribution is -2.50. The van der Waals surface area contributed by atoms with E-state index in [2.05, 4.69) is 43.9 Å². The van der Waals surface area contributed by atoms with E-state index < -0.39 is 0 Å². The van der Waals surface area contributed by atoms with Gasteiger partial charge in [0.25, 0.3) is 0 Å². The van der Waals surface area contributed by atoms with Gasteiger partial charge in [0.05, 0.1) is 0 Å². The van der Waals surface area contributed by atoms with E-state index in [9.17, 15) is 0 Å². The number of nitrogens with zero attached hydrogens (tertiary/aromatic N) is 1. The molecule has 0 aliphatic carbocycles. The lowest BCUT2D eigenvalue weighted by atomic mass is 9.91. The number of anilines is 1. The van der Waals surface area contributed by atoms with Crippen LogP contribution in [0.4, 0.5) is 5.69 Å². The summed E-state index contributed by atoms with van der Waals surface area (Å²) in [5.74, 6) is 0. The zero-order valence-corrected chi connectivity index (χ0v) is 12.0. The van der Waals surface area contributed by atoms with Crippen LogP contribution in [0.3, 0.4) is 0 Å². The number of benzene rings is 1. The summed E-state index contributed by atoms with van der Waals surface area (Å²) < 4.78 is 0. The predicted molar refractivity (Wildman–Crippen MR) is 79.2 cm³/mol. The van der Waals surface area contributed by atoms with Crippen LogP contribution in [0.1, 0.15) is 44.2 Å². The van der Waals surface area contributed by atoms with Crippen molar-refractivity contribution >= 4 is 5.69 Å². The SMILES string of the molecule is CCC(N)(CC)CN1CCCc2cc(C)ccc21. The average Bonchev–Trinajstić information content (AvgIpc) is 2.38. The highest BCUT2D eigenvalue weighted by molar-refractivity contribution is 5.57. The van der Waals surface area contributed by atoms with Gasteiger partial charge in [0, 0.05) is 24.3 Å². The van der Waals surface area contributed by atoms with Crippen LogP contribution in [0, 0.1) is 6.92 Å². The summed E-state index contributed by atoms with van der Waals surface area (Å²) in [4.78, 5) is 2.49. The molecule has 0 aromatic heterocycles. The molecule has 0 saturated carbocycles. The van der Waals surface area contributed by atoms with Gasteiger partial charge in [-0.25, -0.2) is 0 Å². The first-order valence-corrected chi connectivity index (χ1v) is 7.21. The van der Waals surface area contributed by atoms with Crippen molar-refractivity contribution in [2.75, 3.05) is 18.0 Å². The molecule has 2 rings (SSSR count). The van der Waals surface area contributed by atoms with Crippen molar-refractivity contribution < 1.29 is 0 Å². The summed E-state index contributed by atoms with van der Waals surface area (Å²) in [6.07, 6.45) is 4.55. The molecule has 18 heavy (non-hydrogen) atoms. The van der Waals surface area contributed by atoms with Gasteiger partial charge in [0.15, 0.2) is 0 Å². The highest BCUT2D eigenvalue weighted by atomic mass is 15.2. The van der Waals surface area contributed by atoms with Crippen LogP contribution in [0.15, 0.2) is 18.2 Å². The fraction of sp³-hybridized carbons (Fsp3) is 0.625. The minimum absolute atomic E-state index is 0.0422. The van der Waals surface area contributed by atoms with Crippen molar-refractivity contribution in [2.45, 2.75) is 52.0 Å². The molecular weight excluding hydrogens is 220 g/mol. The zero-order chi connectivity index (χ0) is 13.2. The Labute approximate surface area is 111 Å². The fourth-order valence-electron chi connectivity index (χ4n) is 2.82. The zero-order valence-electron chi connectivity index (χ0n) is 12.0. The first kappa shape index (κ1) is 13.4. The van der Waals surface area contributed by atoms with Crippen molar-refractivity contribution in [3.05, 3.63) is 29.3 Å². The predicted octanol–water partition coefficient (Wildman–Crippen LogP) is 3.27. The molecule has 100 valence electrons. The third-order valence-corrected chi connectivity index (χ3v) is 4.36. The van der Waals surface area contributed by atoms with E-state index >= 15 is 0 Å². The van der Waals surface area contributed by atoms with Crippen molar-refractivity contribution in [3.8, 4) is 0 Å². The first-order chi connectivity index (χ1) is 8.58. The molecule has 0 amide bonds. The number of aryl methyl sites for hydroxylation is 2. The van der Waals surface area contributed by atoms with E-state index in [1.54, 1.807) is 0 Å². The molecule has 0 unspecified atom stereocenters. The maximum Gasteiger partial charge on any atom is 0.0399 e. The molecule has 2 nitrogen and oxygen atoms in total. The second kappa shape index (κ2) is 5.31. The van der Waals surface area contributed by atoms with Crippen LogP contribution >= 0.6 is 0 Å². The highest BCUT2D eigenvalue weighted by Gasteiger charge is 2.26. The van der Waals surface area contributed by atoms with Crippen LogP contribution in [0.5, 0.6) is 0 Å². The van der Waals surface area contributed by atoms with Crippen molar-refractivity contribution in [2.24, 2.45) is 5.73 Å². The smallest absolute Gasteiger partial charge is 0.0399 e. The summed E-state index contributed by atoms with van der Waals surface area (Å²) in [5.41, 5.74) is 10.7. The van der Waals surface area contributed by atoms with Gasteiger partial charge in [0.1, 0.15) is 0 Å². The molecule has 0 spiro atoms. The molecule has 2 N–H and O–H groups in total. The number of nitrogens with two attached hydrogens (primary N) is 1. The van der Waals surface area contributed by atoms with Crippen LogP contribution in [-0.2, 0) is 6.42 Å². The van der Waals surface area contributed by atoms with Crippen LogP contribution in [0.2, 0.25) is 0 Å². The molecule has 0 saturated heterocycles. The summed E-state index contributed by atoms with van der Waals surface area (Å²) in [5, 5.41) is 0.